The summed E-state index contributed by atoms with van der Waals surface area (Å²) in [5.74, 6) is -0.0515. The number of rotatable bonds is 2. The zero-order chi connectivity index (χ0) is 8.27. The van der Waals surface area contributed by atoms with E-state index in [2.05, 4.69) is 5.32 Å². The third kappa shape index (κ3) is 2.20. The van der Waals surface area contributed by atoms with E-state index < -0.39 is 0 Å². The van der Waals surface area contributed by atoms with Crippen LogP contribution in [0.25, 0.3) is 0 Å². The third-order valence-electron chi connectivity index (χ3n) is 1.13. The van der Waals surface area contributed by atoms with E-state index >= 15 is 0 Å². The topological polar surface area (TPSA) is 29.1 Å². The fraction of sp³-hybridized carbons (Fsp3) is 0.286. The van der Waals surface area contributed by atoms with Gasteiger partial charge in [0.15, 0.2) is 0 Å². The lowest BCUT2D eigenvalue weighted by atomic mass is 10.4. The molecule has 60 valence electrons. The minimum absolute atomic E-state index is 0.0515. The molecule has 1 aromatic heterocycles. The highest BCUT2D eigenvalue weighted by atomic mass is 35.5. The van der Waals surface area contributed by atoms with E-state index in [1.165, 1.54) is 11.3 Å². The summed E-state index contributed by atoms with van der Waals surface area (Å²) in [7, 11) is 0. The summed E-state index contributed by atoms with van der Waals surface area (Å²) in [4.78, 5) is 11.8. The first-order chi connectivity index (χ1) is 5.24. The summed E-state index contributed by atoms with van der Waals surface area (Å²) in [6.45, 7) is 2.53. The molecule has 0 saturated carbocycles. The predicted molar refractivity (Wildman–Crippen MR) is 47.3 cm³/mol. The number of thiophene rings is 1. The van der Waals surface area contributed by atoms with E-state index in [1.54, 1.807) is 11.4 Å². The Hall–Kier alpha value is -0.540. The van der Waals surface area contributed by atoms with Crippen molar-refractivity contribution in [1.82, 2.24) is 5.32 Å². The molecule has 0 unspecified atom stereocenters. The van der Waals surface area contributed by atoms with Crippen molar-refractivity contribution in [1.29, 1.82) is 0 Å². The smallest absolute Gasteiger partial charge is 0.261 e. The predicted octanol–water partition coefficient (Wildman–Crippen LogP) is 2.15. The molecule has 0 spiro atoms. The van der Waals surface area contributed by atoms with E-state index in [0.717, 1.165) is 0 Å². The third-order valence-corrected chi connectivity index (χ3v) is 2.41. The molecule has 0 aliphatic heterocycles. The molecule has 0 aliphatic carbocycles. The quantitative estimate of drug-likeness (QED) is 0.759. The average Bonchev–Trinajstić information content (AvgIpc) is 2.36. The van der Waals surface area contributed by atoms with Gasteiger partial charge >= 0.3 is 0 Å². The molecule has 1 aromatic rings. The highest BCUT2D eigenvalue weighted by Gasteiger charge is 2.05. The number of hydrogen-bond donors (Lipinski definition) is 1. The van der Waals surface area contributed by atoms with Crippen molar-refractivity contribution in [3.63, 3.8) is 0 Å². The van der Waals surface area contributed by atoms with Gasteiger partial charge in [-0.25, -0.2) is 0 Å². The molecule has 0 aliphatic rings. The molecule has 1 heterocycles. The maximum Gasteiger partial charge on any atom is 0.261 e. The molecular weight excluding hydrogens is 182 g/mol. The average molecular weight is 190 g/mol. The van der Waals surface area contributed by atoms with Crippen molar-refractivity contribution in [2.45, 2.75) is 6.92 Å². The van der Waals surface area contributed by atoms with Crippen LogP contribution >= 0.6 is 22.9 Å². The lowest BCUT2D eigenvalue weighted by Crippen LogP contribution is -2.21. The Labute approximate surface area is 74.2 Å². The molecule has 0 radical (unpaired) electrons. The van der Waals surface area contributed by atoms with Crippen LogP contribution in [-0.4, -0.2) is 12.5 Å². The Bertz CT molecular complexity index is 259. The first-order valence-electron chi connectivity index (χ1n) is 3.26. The number of carbonyl (C=O) groups is 1. The molecule has 0 fully saturated rings. The van der Waals surface area contributed by atoms with Gasteiger partial charge in [0.05, 0.1) is 9.90 Å². The standard InChI is InChI=1S/C7H8ClNOS/c1-2-9-7(10)6-3-5(8)4-11-6/h3-4H,2H2,1H3,(H,9,10). The van der Waals surface area contributed by atoms with Gasteiger partial charge in [-0.05, 0) is 13.0 Å². The van der Waals surface area contributed by atoms with E-state index in [-0.39, 0.29) is 5.91 Å². The molecule has 1 N–H and O–H groups in total. The lowest BCUT2D eigenvalue weighted by molar-refractivity contribution is 0.0960. The number of halogens is 1. The Morgan fingerprint density at radius 1 is 1.82 bits per heavy atom. The maximum atomic E-state index is 11.1. The van der Waals surface area contributed by atoms with Gasteiger partial charge in [-0.15, -0.1) is 11.3 Å². The number of amides is 1. The molecule has 4 heteroatoms. The molecule has 2 nitrogen and oxygen atoms in total. The van der Waals surface area contributed by atoms with Crippen molar-refractivity contribution in [3.8, 4) is 0 Å². The summed E-state index contributed by atoms with van der Waals surface area (Å²) in [6, 6.07) is 1.66. The van der Waals surface area contributed by atoms with Crippen molar-refractivity contribution < 1.29 is 4.79 Å². The minimum atomic E-state index is -0.0515. The van der Waals surface area contributed by atoms with Crippen LogP contribution in [0.5, 0.6) is 0 Å². The fourth-order valence-corrected chi connectivity index (χ4v) is 1.67. The molecule has 0 bridgehead atoms. The Morgan fingerprint density at radius 2 is 2.55 bits per heavy atom. The molecule has 1 rings (SSSR count). The summed E-state index contributed by atoms with van der Waals surface area (Å²) >= 11 is 6.99. The number of hydrogen-bond acceptors (Lipinski definition) is 2. The number of carbonyl (C=O) groups excluding carboxylic acids is 1. The van der Waals surface area contributed by atoms with Crippen molar-refractivity contribution in [3.05, 3.63) is 21.3 Å². The van der Waals surface area contributed by atoms with Gasteiger partial charge in [-0.3, -0.25) is 4.79 Å². The molecule has 11 heavy (non-hydrogen) atoms. The minimum Gasteiger partial charge on any atom is -0.352 e. The monoisotopic (exact) mass is 189 g/mol. The van der Waals surface area contributed by atoms with Crippen LogP contribution < -0.4 is 5.32 Å². The summed E-state index contributed by atoms with van der Waals surface area (Å²) < 4.78 is 0. The van der Waals surface area contributed by atoms with Gasteiger partial charge in [-0.1, -0.05) is 11.6 Å². The van der Waals surface area contributed by atoms with Crippen LogP contribution in [0.4, 0.5) is 0 Å². The number of nitrogens with one attached hydrogen (secondary N) is 1. The van der Waals surface area contributed by atoms with E-state index in [4.69, 9.17) is 11.6 Å². The van der Waals surface area contributed by atoms with Crippen molar-refractivity contribution in [2.75, 3.05) is 6.54 Å². The van der Waals surface area contributed by atoms with Crippen LogP contribution in [0.2, 0.25) is 5.02 Å². The summed E-state index contributed by atoms with van der Waals surface area (Å²) in [6.07, 6.45) is 0. The van der Waals surface area contributed by atoms with Crippen LogP contribution in [-0.2, 0) is 0 Å². The van der Waals surface area contributed by atoms with Gasteiger partial charge in [0.2, 0.25) is 0 Å². The highest BCUT2D eigenvalue weighted by Crippen LogP contribution is 2.18. The van der Waals surface area contributed by atoms with E-state index in [1.807, 2.05) is 6.92 Å². The van der Waals surface area contributed by atoms with Crippen LogP contribution in [0.1, 0.15) is 16.6 Å². The van der Waals surface area contributed by atoms with Gasteiger partial charge in [-0.2, -0.15) is 0 Å². The summed E-state index contributed by atoms with van der Waals surface area (Å²) in [5, 5.41) is 5.05. The van der Waals surface area contributed by atoms with Crippen LogP contribution in [0, 0.1) is 0 Å². The SMILES string of the molecule is CCNC(=O)c1cc(Cl)cs1. The Morgan fingerprint density at radius 3 is 3.00 bits per heavy atom. The zero-order valence-electron chi connectivity index (χ0n) is 6.06. The van der Waals surface area contributed by atoms with Crippen LogP contribution in [0.3, 0.4) is 0 Å². The van der Waals surface area contributed by atoms with Gasteiger partial charge in [0, 0.05) is 11.9 Å². The lowest BCUT2D eigenvalue weighted by Gasteiger charge is -1.95. The van der Waals surface area contributed by atoms with E-state index in [9.17, 15) is 4.79 Å². The Kier molecular flexibility index (Phi) is 2.91. The van der Waals surface area contributed by atoms with Gasteiger partial charge in [0.1, 0.15) is 0 Å². The van der Waals surface area contributed by atoms with Gasteiger partial charge in [0.25, 0.3) is 5.91 Å². The normalized spacial score (nSPS) is 9.64. The second-order valence-corrected chi connectivity index (χ2v) is 3.34. The first-order valence-corrected chi connectivity index (χ1v) is 4.52. The van der Waals surface area contributed by atoms with E-state index in [0.29, 0.717) is 16.4 Å². The van der Waals surface area contributed by atoms with Crippen molar-refractivity contribution >= 4 is 28.8 Å². The molecule has 0 atom stereocenters. The largest absolute Gasteiger partial charge is 0.352 e. The second-order valence-electron chi connectivity index (χ2n) is 1.99. The molecule has 1 amide bonds. The summed E-state index contributed by atoms with van der Waals surface area (Å²) in [5.41, 5.74) is 0. The van der Waals surface area contributed by atoms with Crippen LogP contribution in [0.15, 0.2) is 11.4 Å². The zero-order valence-corrected chi connectivity index (χ0v) is 7.63. The molecule has 0 aromatic carbocycles. The fourth-order valence-electron chi connectivity index (χ4n) is 0.680. The second kappa shape index (κ2) is 3.74. The Balaban J connectivity index is 2.69. The first kappa shape index (κ1) is 8.56. The highest BCUT2D eigenvalue weighted by molar-refractivity contribution is 7.12. The molecule has 0 saturated heterocycles. The van der Waals surface area contributed by atoms with Gasteiger partial charge < -0.3 is 5.32 Å². The molecular formula is C7H8ClNOS. The maximum absolute atomic E-state index is 11.1. The van der Waals surface area contributed by atoms with Crippen molar-refractivity contribution in [2.24, 2.45) is 0 Å².